The number of carbonyl (C=O) groups is 1. The lowest BCUT2D eigenvalue weighted by Gasteiger charge is -2.08. The molecule has 0 bridgehead atoms. The van der Waals surface area contributed by atoms with Crippen molar-refractivity contribution in [3.8, 4) is 16.3 Å². The van der Waals surface area contributed by atoms with Gasteiger partial charge >= 0.3 is 0 Å². The molecular weight excluding hydrogens is 402 g/mol. The Bertz CT molecular complexity index is 868. The van der Waals surface area contributed by atoms with Crippen LogP contribution in [0.4, 0.5) is 5.13 Å². The fourth-order valence-corrected chi connectivity index (χ4v) is 3.46. The number of amides is 1. The van der Waals surface area contributed by atoms with Crippen molar-refractivity contribution in [3.05, 3.63) is 58.6 Å². The van der Waals surface area contributed by atoms with E-state index in [0.29, 0.717) is 10.9 Å². The maximum Gasteiger partial charge on any atom is 0.264 e. The Balaban J connectivity index is 1.57. The summed E-state index contributed by atoms with van der Waals surface area (Å²) in [7, 11) is 0. The van der Waals surface area contributed by atoms with Crippen molar-refractivity contribution in [2.75, 3.05) is 11.9 Å². The van der Waals surface area contributed by atoms with Gasteiger partial charge in [0.1, 0.15) is 10.8 Å². The molecule has 0 aliphatic heterocycles. The minimum absolute atomic E-state index is 0.0929. The molecule has 0 radical (unpaired) electrons. The lowest BCUT2D eigenvalue weighted by Crippen LogP contribution is -2.20. The third kappa shape index (κ3) is 4.64. The van der Waals surface area contributed by atoms with Gasteiger partial charge in [0.2, 0.25) is 5.13 Å². The number of benzene rings is 2. The fraction of sp³-hybridized carbons (Fsp3) is 0.167. The molecule has 1 amide bonds. The van der Waals surface area contributed by atoms with Gasteiger partial charge in [0, 0.05) is 5.56 Å². The molecule has 3 rings (SSSR count). The van der Waals surface area contributed by atoms with E-state index in [9.17, 15) is 4.79 Å². The van der Waals surface area contributed by atoms with E-state index < -0.39 is 0 Å². The van der Waals surface area contributed by atoms with Gasteiger partial charge in [-0.25, -0.2) is 0 Å². The zero-order valence-corrected chi connectivity index (χ0v) is 15.9. The highest BCUT2D eigenvalue weighted by Gasteiger charge is 2.11. The number of ether oxygens (including phenoxy) is 1. The molecule has 0 saturated heterocycles. The molecule has 25 heavy (non-hydrogen) atoms. The SMILES string of the molecule is CCc1ccc(OCC(=O)Nc2nnc(-c3ccccc3)s2)c(Br)c1. The summed E-state index contributed by atoms with van der Waals surface area (Å²) in [4.78, 5) is 12.1. The molecule has 0 spiro atoms. The first-order chi connectivity index (χ1) is 12.2. The Morgan fingerprint density at radius 1 is 1.20 bits per heavy atom. The Morgan fingerprint density at radius 2 is 2.00 bits per heavy atom. The van der Waals surface area contributed by atoms with Crippen molar-refractivity contribution in [2.45, 2.75) is 13.3 Å². The highest BCUT2D eigenvalue weighted by Crippen LogP contribution is 2.27. The minimum Gasteiger partial charge on any atom is -0.483 e. The Kier molecular flexibility index (Phi) is 5.78. The van der Waals surface area contributed by atoms with Crippen LogP contribution in [0.25, 0.3) is 10.6 Å². The van der Waals surface area contributed by atoms with Crippen LogP contribution in [0, 0.1) is 0 Å². The summed E-state index contributed by atoms with van der Waals surface area (Å²) in [6.07, 6.45) is 0.945. The van der Waals surface area contributed by atoms with Crippen molar-refractivity contribution in [1.29, 1.82) is 0 Å². The third-order valence-corrected chi connectivity index (χ3v) is 4.96. The van der Waals surface area contributed by atoms with Gasteiger partial charge in [-0.15, -0.1) is 10.2 Å². The molecule has 0 fully saturated rings. The van der Waals surface area contributed by atoms with E-state index in [2.05, 4.69) is 38.4 Å². The van der Waals surface area contributed by atoms with Gasteiger partial charge < -0.3 is 4.74 Å². The molecule has 0 atom stereocenters. The molecule has 1 N–H and O–H groups in total. The molecule has 1 aromatic heterocycles. The second-order valence-corrected chi connectivity index (χ2v) is 7.07. The second-order valence-electron chi connectivity index (χ2n) is 5.23. The maximum atomic E-state index is 12.1. The molecular formula is C18H16BrN3O2S. The molecule has 128 valence electrons. The van der Waals surface area contributed by atoms with Gasteiger partial charge in [0.05, 0.1) is 4.47 Å². The van der Waals surface area contributed by atoms with Gasteiger partial charge in [-0.2, -0.15) is 0 Å². The highest BCUT2D eigenvalue weighted by molar-refractivity contribution is 9.10. The number of aromatic nitrogens is 2. The molecule has 5 nitrogen and oxygen atoms in total. The van der Waals surface area contributed by atoms with E-state index in [1.165, 1.54) is 16.9 Å². The highest BCUT2D eigenvalue weighted by atomic mass is 79.9. The Morgan fingerprint density at radius 3 is 2.72 bits per heavy atom. The quantitative estimate of drug-likeness (QED) is 0.638. The van der Waals surface area contributed by atoms with Crippen LogP contribution in [-0.2, 0) is 11.2 Å². The second kappa shape index (κ2) is 8.22. The van der Waals surface area contributed by atoms with Crippen molar-refractivity contribution < 1.29 is 9.53 Å². The fourth-order valence-electron chi connectivity index (χ4n) is 2.15. The van der Waals surface area contributed by atoms with Crippen LogP contribution < -0.4 is 10.1 Å². The van der Waals surface area contributed by atoms with E-state index in [1.54, 1.807) is 0 Å². The monoisotopic (exact) mass is 417 g/mol. The summed E-state index contributed by atoms with van der Waals surface area (Å²) in [5.41, 5.74) is 2.17. The zero-order valence-electron chi connectivity index (χ0n) is 13.5. The van der Waals surface area contributed by atoms with E-state index in [1.807, 2.05) is 48.5 Å². The lowest BCUT2D eigenvalue weighted by atomic mass is 10.2. The van der Waals surface area contributed by atoms with Crippen LogP contribution in [-0.4, -0.2) is 22.7 Å². The Hall–Kier alpha value is -2.25. The predicted octanol–water partition coefficient (Wildman–Crippen LogP) is 4.55. The normalized spacial score (nSPS) is 10.5. The molecule has 7 heteroatoms. The summed E-state index contributed by atoms with van der Waals surface area (Å²) >= 11 is 4.78. The number of nitrogens with one attached hydrogen (secondary N) is 1. The van der Waals surface area contributed by atoms with Crippen molar-refractivity contribution in [2.24, 2.45) is 0 Å². The number of hydrogen-bond donors (Lipinski definition) is 1. The first kappa shape index (κ1) is 17.6. The van der Waals surface area contributed by atoms with E-state index >= 15 is 0 Å². The third-order valence-electron chi connectivity index (χ3n) is 3.46. The van der Waals surface area contributed by atoms with Crippen LogP contribution in [0.2, 0.25) is 0 Å². The molecule has 0 saturated carbocycles. The van der Waals surface area contributed by atoms with Crippen molar-refractivity contribution >= 4 is 38.3 Å². The number of carbonyl (C=O) groups excluding carboxylic acids is 1. The molecule has 3 aromatic rings. The molecule has 1 heterocycles. The average Bonchev–Trinajstić information content (AvgIpc) is 3.09. The maximum absolute atomic E-state index is 12.1. The summed E-state index contributed by atoms with van der Waals surface area (Å²) in [5.74, 6) is 0.358. The van der Waals surface area contributed by atoms with Gasteiger partial charge in [-0.05, 0) is 40.0 Å². The molecule has 0 aliphatic rings. The van der Waals surface area contributed by atoms with Crippen LogP contribution in [0.15, 0.2) is 53.0 Å². The lowest BCUT2D eigenvalue weighted by molar-refractivity contribution is -0.118. The number of halogens is 1. The standard InChI is InChI=1S/C18H16BrN3O2S/c1-2-12-8-9-15(14(19)10-12)24-11-16(23)20-18-22-21-17(25-18)13-6-4-3-5-7-13/h3-10H,2,11H2,1H3,(H,20,22,23). The van der Waals surface area contributed by atoms with Crippen LogP contribution in [0.1, 0.15) is 12.5 Å². The summed E-state index contributed by atoms with van der Waals surface area (Å²) in [6, 6.07) is 15.5. The van der Waals surface area contributed by atoms with Crippen molar-refractivity contribution in [1.82, 2.24) is 10.2 Å². The predicted molar refractivity (Wildman–Crippen MR) is 103 cm³/mol. The summed E-state index contributed by atoms with van der Waals surface area (Å²) < 4.78 is 6.39. The zero-order chi connectivity index (χ0) is 17.6. The first-order valence-corrected chi connectivity index (χ1v) is 9.36. The largest absolute Gasteiger partial charge is 0.483 e. The molecule has 2 aromatic carbocycles. The average molecular weight is 418 g/mol. The first-order valence-electron chi connectivity index (χ1n) is 7.75. The number of hydrogen-bond acceptors (Lipinski definition) is 5. The number of anilines is 1. The smallest absolute Gasteiger partial charge is 0.264 e. The topological polar surface area (TPSA) is 64.1 Å². The van der Waals surface area contributed by atoms with Gasteiger partial charge in [-0.1, -0.05) is 54.7 Å². The Labute approximate surface area is 158 Å². The van der Waals surface area contributed by atoms with Crippen LogP contribution in [0.5, 0.6) is 5.75 Å². The molecule has 0 aliphatic carbocycles. The summed E-state index contributed by atoms with van der Waals surface area (Å²) in [5, 5.41) is 12.0. The van der Waals surface area contributed by atoms with Crippen LogP contribution >= 0.6 is 27.3 Å². The van der Waals surface area contributed by atoms with Crippen LogP contribution in [0.3, 0.4) is 0 Å². The summed E-state index contributed by atoms with van der Waals surface area (Å²) in [6.45, 7) is 1.99. The number of rotatable bonds is 6. The van der Waals surface area contributed by atoms with E-state index in [-0.39, 0.29) is 12.5 Å². The minimum atomic E-state index is -0.276. The van der Waals surface area contributed by atoms with E-state index in [4.69, 9.17) is 4.74 Å². The van der Waals surface area contributed by atoms with E-state index in [0.717, 1.165) is 21.5 Å². The molecule has 0 unspecified atom stereocenters. The van der Waals surface area contributed by atoms with Gasteiger partial charge in [0.25, 0.3) is 5.91 Å². The number of nitrogens with zero attached hydrogens (tertiary/aromatic N) is 2. The van der Waals surface area contributed by atoms with Gasteiger partial charge in [0.15, 0.2) is 6.61 Å². The number of aryl methyl sites for hydroxylation is 1. The van der Waals surface area contributed by atoms with Gasteiger partial charge in [-0.3, -0.25) is 10.1 Å². The van der Waals surface area contributed by atoms with Crippen molar-refractivity contribution in [3.63, 3.8) is 0 Å².